The number of aliphatic hydroxyl groups is 1. The summed E-state index contributed by atoms with van der Waals surface area (Å²) < 4.78 is 12.9. The van der Waals surface area contributed by atoms with Gasteiger partial charge >= 0.3 is 0 Å². The third kappa shape index (κ3) is 4.01. The first-order valence-corrected chi connectivity index (χ1v) is 8.04. The molecule has 24 heavy (non-hydrogen) atoms. The van der Waals surface area contributed by atoms with Gasteiger partial charge in [-0.3, -0.25) is 10.1 Å². The molecule has 5 nitrogen and oxygen atoms in total. The van der Waals surface area contributed by atoms with E-state index in [4.69, 9.17) is 0 Å². The van der Waals surface area contributed by atoms with E-state index in [1.54, 1.807) is 42.5 Å². The highest BCUT2D eigenvalue weighted by Crippen LogP contribution is 2.21. The number of hydrogen-bond donors (Lipinski definition) is 2. The summed E-state index contributed by atoms with van der Waals surface area (Å²) in [6.45, 7) is 0. The average Bonchev–Trinajstić information content (AvgIpc) is 3.04. The van der Waals surface area contributed by atoms with E-state index >= 15 is 0 Å². The van der Waals surface area contributed by atoms with Gasteiger partial charge < -0.3 is 5.11 Å². The SMILES string of the molecule is O=C(Nc1nnc(Cc2ccc(F)cc2)s1)C(O)c1ccccc1. The Labute approximate surface area is 141 Å². The monoisotopic (exact) mass is 343 g/mol. The van der Waals surface area contributed by atoms with Crippen LogP contribution in [-0.2, 0) is 11.2 Å². The summed E-state index contributed by atoms with van der Waals surface area (Å²) in [7, 11) is 0. The normalized spacial score (nSPS) is 11.9. The van der Waals surface area contributed by atoms with E-state index in [1.165, 1.54) is 23.5 Å². The molecule has 2 N–H and O–H groups in total. The highest BCUT2D eigenvalue weighted by Gasteiger charge is 2.18. The van der Waals surface area contributed by atoms with Gasteiger partial charge in [0.05, 0.1) is 0 Å². The molecular formula is C17H14FN3O2S. The number of rotatable bonds is 5. The maximum atomic E-state index is 12.9. The summed E-state index contributed by atoms with van der Waals surface area (Å²) >= 11 is 1.21. The van der Waals surface area contributed by atoms with Gasteiger partial charge in [-0.15, -0.1) is 10.2 Å². The maximum Gasteiger partial charge on any atom is 0.259 e. The topological polar surface area (TPSA) is 75.1 Å². The number of anilines is 1. The van der Waals surface area contributed by atoms with Crippen molar-refractivity contribution in [1.82, 2.24) is 10.2 Å². The molecule has 122 valence electrons. The Kier molecular flexibility index (Phi) is 4.93. The molecule has 1 aromatic heterocycles. The van der Waals surface area contributed by atoms with Crippen molar-refractivity contribution in [2.24, 2.45) is 0 Å². The van der Waals surface area contributed by atoms with Crippen molar-refractivity contribution < 1.29 is 14.3 Å². The molecule has 0 bridgehead atoms. The molecule has 1 heterocycles. The first-order valence-electron chi connectivity index (χ1n) is 7.22. The van der Waals surface area contributed by atoms with Gasteiger partial charge in [-0.1, -0.05) is 53.8 Å². The molecule has 0 aliphatic rings. The Bertz CT molecular complexity index is 821. The van der Waals surface area contributed by atoms with Crippen molar-refractivity contribution in [1.29, 1.82) is 0 Å². The molecule has 2 aromatic carbocycles. The highest BCUT2D eigenvalue weighted by atomic mass is 32.1. The second kappa shape index (κ2) is 7.29. The molecule has 3 aromatic rings. The van der Waals surface area contributed by atoms with E-state index in [-0.39, 0.29) is 5.82 Å². The minimum atomic E-state index is -1.27. The fourth-order valence-corrected chi connectivity index (χ4v) is 2.89. The number of carbonyl (C=O) groups is 1. The zero-order valence-corrected chi connectivity index (χ0v) is 13.3. The molecule has 1 amide bonds. The minimum absolute atomic E-state index is 0.293. The van der Waals surface area contributed by atoms with Crippen molar-refractivity contribution in [2.45, 2.75) is 12.5 Å². The molecule has 1 atom stereocenters. The quantitative estimate of drug-likeness (QED) is 0.747. The fourth-order valence-electron chi connectivity index (χ4n) is 2.11. The van der Waals surface area contributed by atoms with Crippen LogP contribution in [0.15, 0.2) is 54.6 Å². The molecule has 0 aliphatic carbocycles. The summed E-state index contributed by atoms with van der Waals surface area (Å²) in [5, 5.41) is 21.5. The van der Waals surface area contributed by atoms with Crippen molar-refractivity contribution in [2.75, 3.05) is 5.32 Å². The zero-order chi connectivity index (χ0) is 16.9. The molecule has 0 fully saturated rings. The lowest BCUT2D eigenvalue weighted by Gasteiger charge is -2.09. The van der Waals surface area contributed by atoms with Crippen molar-refractivity contribution in [3.8, 4) is 0 Å². The number of halogens is 1. The number of amides is 1. The molecule has 0 aliphatic heterocycles. The number of hydrogen-bond acceptors (Lipinski definition) is 5. The van der Waals surface area contributed by atoms with Crippen LogP contribution in [0.3, 0.4) is 0 Å². The number of nitrogens with one attached hydrogen (secondary N) is 1. The highest BCUT2D eigenvalue weighted by molar-refractivity contribution is 7.15. The Morgan fingerprint density at radius 2 is 1.83 bits per heavy atom. The number of aromatic nitrogens is 2. The second-order valence-corrected chi connectivity index (χ2v) is 6.17. The lowest BCUT2D eigenvalue weighted by Crippen LogP contribution is -2.20. The van der Waals surface area contributed by atoms with Crippen molar-refractivity contribution >= 4 is 22.4 Å². The van der Waals surface area contributed by atoms with Crippen LogP contribution in [0.1, 0.15) is 22.2 Å². The van der Waals surface area contributed by atoms with Crippen LogP contribution >= 0.6 is 11.3 Å². The van der Waals surface area contributed by atoms with Crippen LogP contribution in [-0.4, -0.2) is 21.2 Å². The van der Waals surface area contributed by atoms with Crippen LogP contribution in [0, 0.1) is 5.82 Å². The number of benzene rings is 2. The fraction of sp³-hybridized carbons (Fsp3) is 0.118. The summed E-state index contributed by atoms with van der Waals surface area (Å²) in [5.74, 6) is -0.857. The van der Waals surface area contributed by atoms with Gasteiger partial charge in [0.15, 0.2) is 6.10 Å². The summed E-state index contributed by atoms with van der Waals surface area (Å²) in [6, 6.07) is 14.8. The number of nitrogens with zero attached hydrogens (tertiary/aromatic N) is 2. The van der Waals surface area contributed by atoms with E-state index in [0.29, 0.717) is 22.1 Å². The van der Waals surface area contributed by atoms with E-state index in [2.05, 4.69) is 15.5 Å². The van der Waals surface area contributed by atoms with Crippen LogP contribution in [0.25, 0.3) is 0 Å². The predicted molar refractivity (Wildman–Crippen MR) is 89.1 cm³/mol. The van der Waals surface area contributed by atoms with Gasteiger partial charge in [0.25, 0.3) is 5.91 Å². The number of carbonyl (C=O) groups excluding carboxylic acids is 1. The van der Waals surface area contributed by atoms with Gasteiger partial charge in [-0.25, -0.2) is 4.39 Å². The molecule has 0 saturated carbocycles. The van der Waals surface area contributed by atoms with Crippen LogP contribution in [0.5, 0.6) is 0 Å². The Balaban J connectivity index is 1.63. The lowest BCUT2D eigenvalue weighted by molar-refractivity contribution is -0.124. The van der Waals surface area contributed by atoms with Crippen LogP contribution in [0.2, 0.25) is 0 Å². The van der Waals surface area contributed by atoms with E-state index in [0.717, 1.165) is 5.56 Å². The Morgan fingerprint density at radius 3 is 2.54 bits per heavy atom. The summed E-state index contributed by atoms with van der Waals surface area (Å²) in [4.78, 5) is 12.1. The van der Waals surface area contributed by atoms with Gasteiger partial charge in [0, 0.05) is 6.42 Å². The molecule has 1 unspecified atom stereocenters. The van der Waals surface area contributed by atoms with Gasteiger partial charge in [-0.2, -0.15) is 0 Å². The standard InChI is InChI=1S/C17H14FN3O2S/c18-13-8-6-11(7-9-13)10-14-20-21-17(24-14)19-16(23)15(22)12-4-2-1-3-5-12/h1-9,15,22H,10H2,(H,19,21,23). The van der Waals surface area contributed by atoms with Crippen molar-refractivity contribution in [3.63, 3.8) is 0 Å². The van der Waals surface area contributed by atoms with E-state index in [1.807, 2.05) is 0 Å². The molecule has 3 rings (SSSR count). The van der Waals surface area contributed by atoms with Crippen LogP contribution < -0.4 is 5.32 Å². The largest absolute Gasteiger partial charge is 0.378 e. The Morgan fingerprint density at radius 1 is 1.12 bits per heavy atom. The minimum Gasteiger partial charge on any atom is -0.378 e. The van der Waals surface area contributed by atoms with E-state index < -0.39 is 12.0 Å². The molecule has 0 saturated heterocycles. The average molecular weight is 343 g/mol. The first kappa shape index (κ1) is 16.2. The van der Waals surface area contributed by atoms with Gasteiger partial charge in [0.1, 0.15) is 10.8 Å². The lowest BCUT2D eigenvalue weighted by atomic mass is 10.1. The number of aliphatic hydroxyl groups excluding tert-OH is 1. The third-order valence-electron chi connectivity index (χ3n) is 3.33. The second-order valence-electron chi connectivity index (χ2n) is 5.11. The molecule has 0 spiro atoms. The first-order chi connectivity index (χ1) is 11.6. The smallest absolute Gasteiger partial charge is 0.259 e. The van der Waals surface area contributed by atoms with E-state index in [9.17, 15) is 14.3 Å². The zero-order valence-electron chi connectivity index (χ0n) is 12.5. The van der Waals surface area contributed by atoms with Crippen molar-refractivity contribution in [3.05, 3.63) is 76.5 Å². The van der Waals surface area contributed by atoms with Crippen LogP contribution in [0.4, 0.5) is 9.52 Å². The summed E-state index contributed by atoms with van der Waals surface area (Å²) in [6.07, 6.45) is -0.773. The third-order valence-corrected chi connectivity index (χ3v) is 4.17. The molecule has 7 heteroatoms. The van der Waals surface area contributed by atoms with Gasteiger partial charge in [-0.05, 0) is 23.3 Å². The Hall–Kier alpha value is -2.64. The summed E-state index contributed by atoms with van der Waals surface area (Å²) in [5.41, 5.74) is 1.40. The molecular weight excluding hydrogens is 329 g/mol. The molecule has 0 radical (unpaired) electrons. The maximum absolute atomic E-state index is 12.9. The van der Waals surface area contributed by atoms with Gasteiger partial charge in [0.2, 0.25) is 5.13 Å². The predicted octanol–water partition coefficient (Wildman–Crippen LogP) is 2.94.